The van der Waals surface area contributed by atoms with Crippen molar-refractivity contribution in [3.63, 3.8) is 0 Å². The molecular formula is C12H12N2O2S. The molecule has 1 aliphatic rings. The van der Waals surface area contributed by atoms with E-state index in [9.17, 15) is 4.79 Å². The Balaban J connectivity index is 2.14. The second-order valence-corrected chi connectivity index (χ2v) is 4.95. The molecule has 1 aromatic heterocycles. The fourth-order valence-corrected chi connectivity index (χ4v) is 2.50. The zero-order valence-corrected chi connectivity index (χ0v) is 10.3. The van der Waals surface area contributed by atoms with Crippen LogP contribution in [-0.4, -0.2) is 22.7 Å². The molecule has 0 radical (unpaired) electrons. The normalized spacial score (nSPS) is 20.5. The number of hydrogen-bond donors (Lipinski definition) is 1. The highest BCUT2D eigenvalue weighted by molar-refractivity contribution is 7.81. The van der Waals surface area contributed by atoms with Crippen molar-refractivity contribution in [3.8, 4) is 0 Å². The predicted octanol–water partition coefficient (Wildman–Crippen LogP) is 2.17. The summed E-state index contributed by atoms with van der Waals surface area (Å²) in [6.07, 6.45) is 0.482. The topological polar surface area (TPSA) is 46.3 Å². The molecule has 5 heteroatoms. The van der Waals surface area contributed by atoms with Crippen LogP contribution in [0.2, 0.25) is 0 Å². The summed E-state index contributed by atoms with van der Waals surface area (Å²) in [6.45, 7) is 2.43. The van der Waals surface area contributed by atoms with Crippen molar-refractivity contribution in [1.82, 2.24) is 4.98 Å². The minimum Gasteiger partial charge on any atom is -0.441 e. The summed E-state index contributed by atoms with van der Waals surface area (Å²) in [7, 11) is 0. The lowest BCUT2D eigenvalue weighted by molar-refractivity contribution is -0.117. The smallest absolute Gasteiger partial charge is 0.228 e. The number of para-hydroxylation sites is 1. The first-order valence-corrected chi connectivity index (χ1v) is 6.01. The third kappa shape index (κ3) is 1.70. The summed E-state index contributed by atoms with van der Waals surface area (Å²) in [5.74, 6) is 0.708. The van der Waals surface area contributed by atoms with E-state index in [4.69, 9.17) is 4.42 Å². The van der Waals surface area contributed by atoms with Gasteiger partial charge >= 0.3 is 0 Å². The first-order chi connectivity index (χ1) is 8.15. The van der Waals surface area contributed by atoms with Gasteiger partial charge in [0.05, 0.1) is 5.69 Å². The Hall–Kier alpha value is -1.49. The van der Waals surface area contributed by atoms with Gasteiger partial charge in [-0.2, -0.15) is 12.6 Å². The molecule has 17 heavy (non-hydrogen) atoms. The number of nitrogens with zero attached hydrogens (tertiary/aromatic N) is 2. The van der Waals surface area contributed by atoms with E-state index in [-0.39, 0.29) is 11.2 Å². The van der Waals surface area contributed by atoms with Crippen molar-refractivity contribution in [2.75, 3.05) is 11.4 Å². The summed E-state index contributed by atoms with van der Waals surface area (Å²) in [6, 6.07) is 5.63. The maximum atomic E-state index is 11.9. The Bertz CT molecular complexity index is 593. The number of oxazole rings is 1. The molecule has 1 amide bonds. The van der Waals surface area contributed by atoms with E-state index in [0.717, 1.165) is 16.8 Å². The molecule has 2 aromatic rings. The molecule has 0 spiro atoms. The highest BCUT2D eigenvalue weighted by Gasteiger charge is 2.30. The van der Waals surface area contributed by atoms with Crippen molar-refractivity contribution in [2.24, 2.45) is 0 Å². The second kappa shape index (κ2) is 3.77. The zero-order chi connectivity index (χ0) is 12.0. The van der Waals surface area contributed by atoms with Gasteiger partial charge in [-0.25, -0.2) is 4.98 Å². The molecule has 2 heterocycles. The van der Waals surface area contributed by atoms with Crippen LogP contribution in [0.15, 0.2) is 22.6 Å². The number of thiol groups is 1. The van der Waals surface area contributed by atoms with Crippen LogP contribution in [0, 0.1) is 6.92 Å². The van der Waals surface area contributed by atoms with Gasteiger partial charge in [0.25, 0.3) is 0 Å². The number of aryl methyl sites for hydroxylation is 1. The lowest BCUT2D eigenvalue weighted by Gasteiger charge is -2.15. The van der Waals surface area contributed by atoms with Gasteiger partial charge in [0.1, 0.15) is 5.52 Å². The number of carbonyl (C=O) groups is 1. The molecule has 88 valence electrons. The van der Waals surface area contributed by atoms with Crippen molar-refractivity contribution in [3.05, 3.63) is 24.1 Å². The molecule has 0 N–H and O–H groups in total. The van der Waals surface area contributed by atoms with Gasteiger partial charge in [-0.1, -0.05) is 6.07 Å². The van der Waals surface area contributed by atoms with Crippen LogP contribution in [-0.2, 0) is 4.79 Å². The van der Waals surface area contributed by atoms with Gasteiger partial charge in [-0.3, -0.25) is 4.79 Å². The second-order valence-electron chi connectivity index (χ2n) is 4.22. The zero-order valence-electron chi connectivity index (χ0n) is 9.38. The third-order valence-corrected chi connectivity index (χ3v) is 3.25. The van der Waals surface area contributed by atoms with Crippen LogP contribution < -0.4 is 4.90 Å². The third-order valence-electron chi connectivity index (χ3n) is 2.90. The summed E-state index contributed by atoms with van der Waals surface area (Å²) >= 11 is 4.35. The van der Waals surface area contributed by atoms with Crippen molar-refractivity contribution < 1.29 is 9.21 Å². The minimum atomic E-state index is 0.0955. The fourth-order valence-electron chi connectivity index (χ4n) is 2.18. The molecule has 1 fully saturated rings. The lowest BCUT2D eigenvalue weighted by atomic mass is 10.2. The van der Waals surface area contributed by atoms with Gasteiger partial charge in [-0.05, 0) is 12.1 Å². The lowest BCUT2D eigenvalue weighted by Crippen LogP contribution is -2.24. The Kier molecular flexibility index (Phi) is 2.36. The maximum absolute atomic E-state index is 11.9. The van der Waals surface area contributed by atoms with Crippen molar-refractivity contribution in [2.45, 2.75) is 18.6 Å². The molecule has 1 saturated heterocycles. The van der Waals surface area contributed by atoms with E-state index in [2.05, 4.69) is 17.6 Å². The van der Waals surface area contributed by atoms with E-state index in [1.807, 2.05) is 18.2 Å². The van der Waals surface area contributed by atoms with Crippen LogP contribution in [0.4, 0.5) is 5.69 Å². The number of hydrogen-bond acceptors (Lipinski definition) is 4. The van der Waals surface area contributed by atoms with E-state index >= 15 is 0 Å². The van der Waals surface area contributed by atoms with Gasteiger partial charge in [0.2, 0.25) is 5.91 Å². The molecule has 0 bridgehead atoms. The van der Waals surface area contributed by atoms with E-state index in [1.54, 1.807) is 11.8 Å². The molecule has 4 nitrogen and oxygen atoms in total. The Morgan fingerprint density at radius 3 is 3.06 bits per heavy atom. The summed E-state index contributed by atoms with van der Waals surface area (Å²) < 4.78 is 5.46. The summed E-state index contributed by atoms with van der Waals surface area (Å²) in [5.41, 5.74) is 2.29. The molecule has 3 rings (SSSR count). The van der Waals surface area contributed by atoms with Crippen LogP contribution in [0.3, 0.4) is 0 Å². The van der Waals surface area contributed by atoms with Crippen LogP contribution >= 0.6 is 12.6 Å². The van der Waals surface area contributed by atoms with Gasteiger partial charge in [0, 0.05) is 25.1 Å². The standard InChI is InChI=1S/C12H12N2O2S/c1-7-13-12-9(3-2-4-10(12)16-7)14-6-8(17)5-11(14)15/h2-4,8,17H,5-6H2,1H3. The van der Waals surface area contributed by atoms with Crippen molar-refractivity contribution in [1.29, 1.82) is 0 Å². The van der Waals surface area contributed by atoms with E-state index in [1.165, 1.54) is 0 Å². The quantitative estimate of drug-likeness (QED) is 0.787. The minimum absolute atomic E-state index is 0.0955. The van der Waals surface area contributed by atoms with Crippen molar-refractivity contribution >= 4 is 35.3 Å². The number of anilines is 1. The Morgan fingerprint density at radius 2 is 2.35 bits per heavy atom. The fraction of sp³-hybridized carbons (Fsp3) is 0.333. The molecule has 1 aliphatic heterocycles. The molecule has 1 aromatic carbocycles. The number of fused-ring (bicyclic) bond motifs is 1. The molecule has 1 atom stereocenters. The predicted molar refractivity (Wildman–Crippen MR) is 68.5 cm³/mol. The molecule has 0 saturated carbocycles. The SMILES string of the molecule is Cc1nc2c(N3CC(S)CC3=O)cccc2o1. The highest BCUT2D eigenvalue weighted by atomic mass is 32.1. The summed E-state index contributed by atoms with van der Waals surface area (Å²) in [5, 5.41) is 0.103. The summed E-state index contributed by atoms with van der Waals surface area (Å²) in [4.78, 5) is 17.9. The van der Waals surface area contributed by atoms with Gasteiger partial charge < -0.3 is 9.32 Å². The highest BCUT2D eigenvalue weighted by Crippen LogP contribution is 2.30. The Labute approximate surface area is 104 Å². The number of amides is 1. The van der Waals surface area contributed by atoms with Gasteiger partial charge in [0.15, 0.2) is 11.5 Å². The molecule has 1 unspecified atom stereocenters. The molecule has 0 aliphatic carbocycles. The van der Waals surface area contributed by atoms with Crippen LogP contribution in [0.25, 0.3) is 11.1 Å². The van der Waals surface area contributed by atoms with Crippen LogP contribution in [0.5, 0.6) is 0 Å². The van der Waals surface area contributed by atoms with E-state index < -0.39 is 0 Å². The maximum Gasteiger partial charge on any atom is 0.228 e. The average molecular weight is 248 g/mol. The molecular weight excluding hydrogens is 236 g/mol. The van der Waals surface area contributed by atoms with Gasteiger partial charge in [-0.15, -0.1) is 0 Å². The first kappa shape index (κ1) is 10.7. The first-order valence-electron chi connectivity index (χ1n) is 5.50. The number of carbonyl (C=O) groups excluding carboxylic acids is 1. The van der Waals surface area contributed by atoms with E-state index in [0.29, 0.717) is 18.9 Å². The Morgan fingerprint density at radius 1 is 1.53 bits per heavy atom. The monoisotopic (exact) mass is 248 g/mol. The number of benzene rings is 1. The number of rotatable bonds is 1. The largest absolute Gasteiger partial charge is 0.441 e. The van der Waals surface area contributed by atoms with Crippen LogP contribution in [0.1, 0.15) is 12.3 Å². The number of aromatic nitrogens is 1. The average Bonchev–Trinajstić information content (AvgIpc) is 2.79.